The standard InChI is InChI=1S/C23H34N4O5/c1-4-14(2)19(24)21(29)25-15(3)22(30)27-12-8-11-18(27)20(28)26-17(23(31)32)13-16-9-6-5-7-10-16/h5-7,9-10,14-15,17-19H,4,8,11-13,24H2,1-3H3,(H,25,29)(H,26,28)(H,31,32). The minimum Gasteiger partial charge on any atom is -0.480 e. The van der Waals surface area contributed by atoms with Crippen molar-refractivity contribution < 1.29 is 24.3 Å². The van der Waals surface area contributed by atoms with E-state index in [9.17, 15) is 24.3 Å². The van der Waals surface area contributed by atoms with Gasteiger partial charge in [-0.3, -0.25) is 14.4 Å². The summed E-state index contributed by atoms with van der Waals surface area (Å²) in [5.41, 5.74) is 6.72. The van der Waals surface area contributed by atoms with Crippen molar-refractivity contribution in [1.29, 1.82) is 0 Å². The summed E-state index contributed by atoms with van der Waals surface area (Å²) >= 11 is 0. The second kappa shape index (κ2) is 11.6. The number of benzene rings is 1. The van der Waals surface area contributed by atoms with E-state index in [4.69, 9.17) is 5.73 Å². The van der Waals surface area contributed by atoms with Crippen LogP contribution in [-0.4, -0.2) is 64.4 Å². The fraction of sp³-hybridized carbons (Fsp3) is 0.565. The fourth-order valence-corrected chi connectivity index (χ4v) is 3.75. The van der Waals surface area contributed by atoms with Crippen LogP contribution in [0.3, 0.4) is 0 Å². The third-order valence-corrected chi connectivity index (χ3v) is 6.02. The molecule has 1 aromatic carbocycles. The van der Waals surface area contributed by atoms with E-state index < -0.39 is 42.0 Å². The molecule has 0 radical (unpaired) electrons. The second-order valence-corrected chi connectivity index (χ2v) is 8.42. The van der Waals surface area contributed by atoms with E-state index in [0.717, 1.165) is 12.0 Å². The molecule has 5 N–H and O–H groups in total. The van der Waals surface area contributed by atoms with Crippen LogP contribution in [0.2, 0.25) is 0 Å². The average Bonchev–Trinajstić information content (AvgIpc) is 3.27. The van der Waals surface area contributed by atoms with E-state index in [0.29, 0.717) is 19.4 Å². The lowest BCUT2D eigenvalue weighted by atomic mass is 9.99. The molecule has 0 aliphatic carbocycles. The minimum atomic E-state index is -1.14. The lowest BCUT2D eigenvalue weighted by Crippen LogP contribution is -2.56. The Labute approximate surface area is 188 Å². The average molecular weight is 447 g/mol. The predicted octanol–water partition coefficient (Wildman–Crippen LogP) is 0.668. The highest BCUT2D eigenvalue weighted by Crippen LogP contribution is 2.19. The highest BCUT2D eigenvalue weighted by Gasteiger charge is 2.38. The molecular weight excluding hydrogens is 412 g/mol. The van der Waals surface area contributed by atoms with E-state index >= 15 is 0 Å². The normalized spacial score (nSPS) is 19.5. The minimum absolute atomic E-state index is 0.0276. The van der Waals surface area contributed by atoms with Crippen LogP contribution >= 0.6 is 0 Å². The molecule has 3 amide bonds. The SMILES string of the molecule is CCC(C)C(N)C(=O)NC(C)C(=O)N1CCCC1C(=O)NC(Cc1ccccc1)C(=O)O. The number of carbonyl (C=O) groups is 4. The molecule has 32 heavy (non-hydrogen) atoms. The van der Waals surface area contributed by atoms with Gasteiger partial charge in [0.1, 0.15) is 18.1 Å². The Hall–Kier alpha value is -2.94. The summed E-state index contributed by atoms with van der Waals surface area (Å²) in [5.74, 6) is -2.47. The van der Waals surface area contributed by atoms with E-state index in [-0.39, 0.29) is 18.2 Å². The first-order valence-corrected chi connectivity index (χ1v) is 11.1. The number of nitrogens with one attached hydrogen (secondary N) is 2. The number of nitrogens with zero attached hydrogens (tertiary/aromatic N) is 1. The van der Waals surface area contributed by atoms with Gasteiger partial charge in [0.2, 0.25) is 17.7 Å². The lowest BCUT2D eigenvalue weighted by molar-refractivity contribution is -0.144. The van der Waals surface area contributed by atoms with Crippen LogP contribution < -0.4 is 16.4 Å². The molecule has 1 aromatic rings. The van der Waals surface area contributed by atoms with Gasteiger partial charge in [0, 0.05) is 13.0 Å². The van der Waals surface area contributed by atoms with Gasteiger partial charge >= 0.3 is 5.97 Å². The van der Waals surface area contributed by atoms with E-state index in [1.54, 1.807) is 31.2 Å². The van der Waals surface area contributed by atoms with Gasteiger partial charge in [0.25, 0.3) is 0 Å². The van der Waals surface area contributed by atoms with Gasteiger partial charge in [-0.25, -0.2) is 4.79 Å². The van der Waals surface area contributed by atoms with Gasteiger partial charge < -0.3 is 26.4 Å². The Morgan fingerprint density at radius 2 is 1.81 bits per heavy atom. The Morgan fingerprint density at radius 3 is 2.41 bits per heavy atom. The Morgan fingerprint density at radius 1 is 1.16 bits per heavy atom. The Kier molecular flexibility index (Phi) is 9.19. The molecular formula is C23H34N4O5. The molecule has 1 aliphatic heterocycles. The van der Waals surface area contributed by atoms with E-state index in [1.807, 2.05) is 19.9 Å². The molecule has 1 aliphatic rings. The highest BCUT2D eigenvalue weighted by atomic mass is 16.4. The lowest BCUT2D eigenvalue weighted by Gasteiger charge is -2.29. The van der Waals surface area contributed by atoms with Crippen molar-refractivity contribution >= 4 is 23.7 Å². The van der Waals surface area contributed by atoms with Crippen molar-refractivity contribution in [3.05, 3.63) is 35.9 Å². The molecule has 0 bridgehead atoms. The molecule has 1 saturated heterocycles. The quantitative estimate of drug-likeness (QED) is 0.416. The molecule has 0 aromatic heterocycles. The number of aliphatic carboxylic acids is 1. The summed E-state index contributed by atoms with van der Waals surface area (Å²) in [7, 11) is 0. The number of likely N-dealkylation sites (tertiary alicyclic amines) is 1. The molecule has 9 nitrogen and oxygen atoms in total. The smallest absolute Gasteiger partial charge is 0.326 e. The number of carboxylic acids is 1. The summed E-state index contributed by atoms with van der Waals surface area (Å²) in [6, 6.07) is 5.58. The van der Waals surface area contributed by atoms with Gasteiger partial charge in [0.05, 0.1) is 6.04 Å². The van der Waals surface area contributed by atoms with Gasteiger partial charge in [-0.15, -0.1) is 0 Å². The van der Waals surface area contributed by atoms with Crippen molar-refractivity contribution in [2.75, 3.05) is 6.54 Å². The first kappa shape index (κ1) is 25.3. The maximum Gasteiger partial charge on any atom is 0.326 e. The highest BCUT2D eigenvalue weighted by molar-refractivity contribution is 5.94. The number of amides is 3. The third kappa shape index (κ3) is 6.53. The van der Waals surface area contributed by atoms with Crippen molar-refractivity contribution in [3.63, 3.8) is 0 Å². The van der Waals surface area contributed by atoms with Gasteiger partial charge in [-0.05, 0) is 31.2 Å². The van der Waals surface area contributed by atoms with Crippen molar-refractivity contribution in [1.82, 2.24) is 15.5 Å². The molecule has 2 rings (SSSR count). The third-order valence-electron chi connectivity index (χ3n) is 6.02. The number of rotatable bonds is 10. The van der Waals surface area contributed by atoms with Gasteiger partial charge in [-0.2, -0.15) is 0 Å². The number of carboxylic acid groups (broad SMARTS) is 1. The molecule has 0 saturated carbocycles. The first-order valence-electron chi connectivity index (χ1n) is 11.1. The number of hydrogen-bond acceptors (Lipinski definition) is 5. The van der Waals surface area contributed by atoms with Crippen molar-refractivity contribution in [2.24, 2.45) is 11.7 Å². The largest absolute Gasteiger partial charge is 0.480 e. The molecule has 176 valence electrons. The van der Waals surface area contributed by atoms with Crippen LogP contribution in [0.4, 0.5) is 0 Å². The maximum atomic E-state index is 12.9. The summed E-state index contributed by atoms with van der Waals surface area (Å²) in [6.45, 7) is 5.73. The number of hydrogen-bond donors (Lipinski definition) is 4. The summed E-state index contributed by atoms with van der Waals surface area (Å²) in [4.78, 5) is 51.2. The van der Waals surface area contributed by atoms with Crippen molar-refractivity contribution in [3.8, 4) is 0 Å². The monoisotopic (exact) mass is 446 g/mol. The zero-order valence-electron chi connectivity index (χ0n) is 18.9. The van der Waals surface area contributed by atoms with Crippen LogP contribution in [-0.2, 0) is 25.6 Å². The Balaban J connectivity index is 2.01. The molecule has 1 fully saturated rings. The first-order chi connectivity index (χ1) is 15.1. The van der Waals surface area contributed by atoms with Gasteiger partial charge in [-0.1, -0.05) is 50.6 Å². The van der Waals surface area contributed by atoms with E-state index in [1.165, 1.54) is 4.90 Å². The zero-order valence-corrected chi connectivity index (χ0v) is 18.9. The molecule has 9 heteroatoms. The topological polar surface area (TPSA) is 142 Å². The maximum absolute atomic E-state index is 12.9. The molecule has 1 heterocycles. The van der Waals surface area contributed by atoms with E-state index in [2.05, 4.69) is 10.6 Å². The van der Waals surface area contributed by atoms with Crippen LogP contribution in [0.25, 0.3) is 0 Å². The number of carbonyl (C=O) groups excluding carboxylic acids is 3. The Bertz CT molecular complexity index is 816. The second-order valence-electron chi connectivity index (χ2n) is 8.42. The van der Waals surface area contributed by atoms with Crippen LogP contribution in [0.1, 0.15) is 45.6 Å². The summed E-state index contributed by atoms with van der Waals surface area (Å²) < 4.78 is 0. The van der Waals surface area contributed by atoms with Crippen LogP contribution in [0, 0.1) is 5.92 Å². The predicted molar refractivity (Wildman–Crippen MR) is 119 cm³/mol. The van der Waals surface area contributed by atoms with Crippen LogP contribution in [0.15, 0.2) is 30.3 Å². The van der Waals surface area contributed by atoms with Gasteiger partial charge in [0.15, 0.2) is 0 Å². The molecule has 0 spiro atoms. The molecule has 5 atom stereocenters. The zero-order chi connectivity index (χ0) is 23.8. The fourth-order valence-electron chi connectivity index (χ4n) is 3.75. The summed E-state index contributed by atoms with van der Waals surface area (Å²) in [6.07, 6.45) is 1.93. The summed E-state index contributed by atoms with van der Waals surface area (Å²) in [5, 5.41) is 14.8. The number of nitrogens with two attached hydrogens (primary N) is 1. The van der Waals surface area contributed by atoms with Crippen LogP contribution in [0.5, 0.6) is 0 Å². The van der Waals surface area contributed by atoms with Crippen molar-refractivity contribution in [2.45, 2.75) is 70.6 Å². The molecule has 5 unspecified atom stereocenters.